The number of amides is 1. The van der Waals surface area contributed by atoms with Gasteiger partial charge in [0.25, 0.3) is 0 Å². The number of rotatable bonds is 6. The molecule has 0 bridgehead atoms. The van der Waals surface area contributed by atoms with Gasteiger partial charge in [-0.05, 0) is 18.6 Å². The van der Waals surface area contributed by atoms with E-state index >= 15 is 0 Å². The summed E-state index contributed by atoms with van der Waals surface area (Å²) in [5, 5.41) is 0. The third kappa shape index (κ3) is 3.91. The Hall–Kier alpha value is -3.61. The van der Waals surface area contributed by atoms with Gasteiger partial charge in [0.15, 0.2) is 11.4 Å². The van der Waals surface area contributed by atoms with Gasteiger partial charge in [0.1, 0.15) is 11.9 Å². The molecule has 0 N–H and O–H groups in total. The second-order valence-electron chi connectivity index (χ2n) is 7.54. The van der Waals surface area contributed by atoms with E-state index in [0.717, 1.165) is 35.6 Å². The van der Waals surface area contributed by atoms with Crippen LogP contribution in [0.5, 0.6) is 5.75 Å². The van der Waals surface area contributed by atoms with E-state index in [1.54, 1.807) is 12.0 Å². The molecule has 3 aromatic rings. The van der Waals surface area contributed by atoms with Gasteiger partial charge in [-0.15, -0.1) is 0 Å². The van der Waals surface area contributed by atoms with Crippen LogP contribution in [0.3, 0.4) is 0 Å². The fourth-order valence-corrected chi connectivity index (χ4v) is 4.05. The number of esters is 1. The Labute approximate surface area is 181 Å². The Morgan fingerprint density at radius 3 is 2.55 bits per heavy atom. The lowest BCUT2D eigenvalue weighted by atomic mass is 10.1. The molecule has 1 aliphatic rings. The first-order chi connectivity index (χ1) is 15.0. The van der Waals surface area contributed by atoms with Gasteiger partial charge < -0.3 is 14.4 Å². The lowest BCUT2D eigenvalue weighted by Crippen LogP contribution is -2.46. The van der Waals surface area contributed by atoms with E-state index in [0.29, 0.717) is 12.2 Å². The topological polar surface area (TPSA) is 64.7 Å². The highest BCUT2D eigenvalue weighted by atomic mass is 16.5. The van der Waals surface area contributed by atoms with Crippen LogP contribution in [0.4, 0.5) is 5.69 Å². The number of carbonyl (C=O) groups excluding carboxylic acids is 2. The van der Waals surface area contributed by atoms with E-state index in [9.17, 15) is 9.59 Å². The normalized spacial score (nSPS) is 14.5. The van der Waals surface area contributed by atoms with Crippen LogP contribution in [0.2, 0.25) is 0 Å². The molecule has 1 unspecified atom stereocenters. The number of nitrogens with zero attached hydrogens (tertiary/aromatic N) is 3. The molecule has 4 rings (SSSR count). The summed E-state index contributed by atoms with van der Waals surface area (Å²) in [7, 11) is 3.01. The Morgan fingerprint density at radius 2 is 1.90 bits per heavy atom. The van der Waals surface area contributed by atoms with Gasteiger partial charge in [0, 0.05) is 37.2 Å². The van der Waals surface area contributed by atoms with E-state index in [-0.39, 0.29) is 11.9 Å². The van der Waals surface area contributed by atoms with Crippen molar-refractivity contribution >= 4 is 17.6 Å². The fraction of sp³-hybridized carbons (Fsp3) is 0.292. The average Bonchev–Trinajstić information content (AvgIpc) is 3.39. The van der Waals surface area contributed by atoms with Crippen LogP contribution in [0.1, 0.15) is 30.1 Å². The summed E-state index contributed by atoms with van der Waals surface area (Å²) in [4.78, 5) is 26.5. The van der Waals surface area contributed by atoms with Crippen LogP contribution in [0, 0.1) is 6.92 Å². The lowest BCUT2D eigenvalue weighted by molar-refractivity contribution is -0.706. The predicted molar refractivity (Wildman–Crippen MR) is 115 cm³/mol. The molecule has 1 aliphatic heterocycles. The number of benzene rings is 2. The summed E-state index contributed by atoms with van der Waals surface area (Å²) in [5.41, 5.74) is 3.38. The molecule has 1 aromatic heterocycles. The average molecular weight is 420 g/mol. The molecule has 31 heavy (non-hydrogen) atoms. The zero-order chi connectivity index (χ0) is 22.0. The second-order valence-corrected chi connectivity index (χ2v) is 7.54. The zero-order valence-corrected chi connectivity index (χ0v) is 17.9. The van der Waals surface area contributed by atoms with Crippen molar-refractivity contribution in [2.24, 2.45) is 0 Å². The number of anilines is 1. The maximum atomic E-state index is 12.6. The van der Waals surface area contributed by atoms with E-state index in [2.05, 4.69) is 0 Å². The molecular weight excluding hydrogens is 394 g/mol. The largest absolute Gasteiger partial charge is 0.492 e. The molecule has 7 heteroatoms. The molecule has 0 spiro atoms. The Balaban J connectivity index is 1.74. The van der Waals surface area contributed by atoms with Crippen molar-refractivity contribution in [3.63, 3.8) is 0 Å². The molecular formula is C24H26N3O4+. The number of ether oxygens (including phenoxy) is 2. The number of carbonyl (C=O) groups is 2. The lowest BCUT2D eigenvalue weighted by Gasteiger charge is -2.17. The summed E-state index contributed by atoms with van der Waals surface area (Å²) >= 11 is 0. The Kier molecular flexibility index (Phi) is 5.75. The second kappa shape index (κ2) is 8.63. The van der Waals surface area contributed by atoms with Crippen molar-refractivity contribution in [3.8, 4) is 11.4 Å². The third-order valence-corrected chi connectivity index (χ3v) is 5.63. The van der Waals surface area contributed by atoms with Crippen LogP contribution in [-0.2, 0) is 14.3 Å². The van der Waals surface area contributed by atoms with Crippen molar-refractivity contribution in [1.82, 2.24) is 4.57 Å². The van der Waals surface area contributed by atoms with E-state index < -0.39 is 6.04 Å². The van der Waals surface area contributed by atoms with Crippen LogP contribution >= 0.6 is 0 Å². The maximum Gasteiger partial charge on any atom is 0.356 e. The number of hydrogen-bond donors (Lipinski definition) is 0. The van der Waals surface area contributed by atoms with E-state index in [4.69, 9.17) is 9.47 Å². The minimum Gasteiger partial charge on any atom is -0.492 e. The first kappa shape index (κ1) is 20.7. The number of aryl methyl sites for hydroxylation is 1. The summed E-state index contributed by atoms with van der Waals surface area (Å²) in [6.45, 7) is 2.67. The van der Waals surface area contributed by atoms with Gasteiger partial charge in [-0.2, -0.15) is 4.57 Å². The molecule has 0 saturated carbocycles. The molecule has 0 aliphatic carbocycles. The molecule has 2 heterocycles. The number of imidazole rings is 1. The first-order valence-corrected chi connectivity index (χ1v) is 10.2. The fourth-order valence-electron chi connectivity index (χ4n) is 4.05. The molecule has 0 radical (unpaired) electrons. The van der Waals surface area contributed by atoms with Gasteiger partial charge in [0.05, 0.1) is 14.2 Å². The molecule has 1 fully saturated rings. The van der Waals surface area contributed by atoms with Crippen LogP contribution in [0.15, 0.2) is 61.1 Å². The zero-order valence-electron chi connectivity index (χ0n) is 17.9. The molecule has 7 nitrogen and oxygen atoms in total. The highest BCUT2D eigenvalue weighted by Gasteiger charge is 2.31. The van der Waals surface area contributed by atoms with Gasteiger partial charge in [-0.3, -0.25) is 4.79 Å². The molecule has 160 valence electrons. The third-order valence-electron chi connectivity index (χ3n) is 5.63. The minimum absolute atomic E-state index is 0.133. The smallest absolute Gasteiger partial charge is 0.356 e. The van der Waals surface area contributed by atoms with Crippen molar-refractivity contribution in [3.05, 3.63) is 72.3 Å². The van der Waals surface area contributed by atoms with Crippen molar-refractivity contribution in [2.75, 3.05) is 25.7 Å². The highest BCUT2D eigenvalue weighted by Crippen LogP contribution is 2.31. The van der Waals surface area contributed by atoms with Gasteiger partial charge >= 0.3 is 5.97 Å². The Morgan fingerprint density at radius 1 is 1.13 bits per heavy atom. The predicted octanol–water partition coefficient (Wildman–Crippen LogP) is 2.97. The molecule has 1 saturated heterocycles. The molecule has 2 aromatic carbocycles. The molecule has 1 amide bonds. The van der Waals surface area contributed by atoms with E-state index in [1.807, 2.05) is 77.1 Å². The minimum atomic E-state index is -0.597. The van der Waals surface area contributed by atoms with E-state index in [1.165, 1.54) is 7.11 Å². The highest BCUT2D eigenvalue weighted by molar-refractivity contribution is 5.95. The summed E-state index contributed by atoms with van der Waals surface area (Å²) in [6, 6.07) is 14.7. The summed E-state index contributed by atoms with van der Waals surface area (Å²) < 4.78 is 14.5. The summed E-state index contributed by atoms with van der Waals surface area (Å²) in [5.74, 6) is 0.439. The SMILES string of the molecule is COC(=O)C(c1ccccc1)[n+]1cn(-c2ccc(N3CCCC3=O)cc2OC)cc1C. The summed E-state index contributed by atoms with van der Waals surface area (Å²) in [6.07, 6.45) is 5.25. The number of aromatic nitrogens is 2. The van der Waals surface area contributed by atoms with Gasteiger partial charge in [-0.25, -0.2) is 9.36 Å². The maximum absolute atomic E-state index is 12.6. The van der Waals surface area contributed by atoms with Crippen LogP contribution < -0.4 is 14.2 Å². The quantitative estimate of drug-likeness (QED) is 0.454. The van der Waals surface area contributed by atoms with Gasteiger partial charge in [-0.1, -0.05) is 30.3 Å². The standard InChI is InChI=1S/C24H26N3O4/c1-17-15-25(16-27(17)23(24(29)31-3)18-8-5-4-6-9-18)20-12-11-19(14-21(20)30-2)26-13-7-10-22(26)28/h4-6,8-9,11-12,14-16,23H,7,10,13H2,1-3H3/q+1. The monoisotopic (exact) mass is 420 g/mol. The Bertz CT molecular complexity index is 1110. The van der Waals surface area contributed by atoms with Crippen molar-refractivity contribution in [2.45, 2.75) is 25.8 Å². The van der Waals surface area contributed by atoms with Crippen molar-refractivity contribution < 1.29 is 23.6 Å². The first-order valence-electron chi connectivity index (χ1n) is 10.2. The number of methoxy groups -OCH3 is 2. The van der Waals surface area contributed by atoms with Crippen LogP contribution in [-0.4, -0.2) is 37.2 Å². The number of hydrogen-bond acceptors (Lipinski definition) is 4. The van der Waals surface area contributed by atoms with Crippen molar-refractivity contribution in [1.29, 1.82) is 0 Å². The molecule has 1 atom stereocenters. The van der Waals surface area contributed by atoms with Gasteiger partial charge in [0.2, 0.25) is 18.3 Å². The van der Waals surface area contributed by atoms with Crippen LogP contribution in [0.25, 0.3) is 5.69 Å².